The van der Waals surface area contributed by atoms with Gasteiger partial charge in [0.05, 0.1) is 21.9 Å². The number of para-hydroxylation sites is 1. The van der Waals surface area contributed by atoms with E-state index in [1.807, 2.05) is 13.8 Å². The number of allylic oxidation sites excluding steroid dienone is 1. The Bertz CT molecular complexity index is 551. The lowest BCUT2D eigenvalue weighted by molar-refractivity contribution is -0.385. The summed E-state index contributed by atoms with van der Waals surface area (Å²) in [5.74, 6) is 0. The first-order valence-electron chi connectivity index (χ1n) is 5.14. The van der Waals surface area contributed by atoms with Crippen LogP contribution < -0.4 is 0 Å². The molecule has 1 aliphatic heterocycles. The third-order valence-electron chi connectivity index (χ3n) is 2.56. The van der Waals surface area contributed by atoms with Crippen molar-refractivity contribution in [3.05, 3.63) is 45.5 Å². The highest BCUT2D eigenvalue weighted by atomic mass is 16.6. The van der Waals surface area contributed by atoms with Crippen LogP contribution in [0.1, 0.15) is 19.4 Å². The van der Waals surface area contributed by atoms with Crippen molar-refractivity contribution in [2.75, 3.05) is 0 Å². The molecular formula is C12H11N3O2. The van der Waals surface area contributed by atoms with E-state index in [9.17, 15) is 10.1 Å². The van der Waals surface area contributed by atoms with E-state index in [0.29, 0.717) is 5.56 Å². The van der Waals surface area contributed by atoms with Crippen molar-refractivity contribution in [3.8, 4) is 0 Å². The van der Waals surface area contributed by atoms with Gasteiger partial charge in [-0.25, -0.2) is 0 Å². The van der Waals surface area contributed by atoms with Gasteiger partial charge in [0, 0.05) is 11.6 Å². The summed E-state index contributed by atoms with van der Waals surface area (Å²) in [7, 11) is 0. The first-order valence-corrected chi connectivity index (χ1v) is 5.14. The van der Waals surface area contributed by atoms with E-state index < -0.39 is 0 Å². The molecule has 1 aliphatic rings. The highest BCUT2D eigenvalue weighted by molar-refractivity contribution is 6.28. The van der Waals surface area contributed by atoms with E-state index in [0.717, 1.165) is 17.0 Å². The van der Waals surface area contributed by atoms with Crippen molar-refractivity contribution >= 4 is 23.2 Å². The molecule has 1 heterocycles. The van der Waals surface area contributed by atoms with Crippen LogP contribution in [0.25, 0.3) is 6.08 Å². The zero-order chi connectivity index (χ0) is 12.4. The molecule has 17 heavy (non-hydrogen) atoms. The molecule has 0 bridgehead atoms. The summed E-state index contributed by atoms with van der Waals surface area (Å²) in [5.41, 5.74) is 3.06. The molecular weight excluding hydrogens is 218 g/mol. The minimum absolute atomic E-state index is 0.0903. The Labute approximate surface area is 98.3 Å². The molecule has 5 nitrogen and oxygen atoms in total. The molecule has 0 radical (unpaired) electrons. The molecule has 0 N–H and O–H groups in total. The quantitative estimate of drug-likeness (QED) is 0.578. The second kappa shape index (κ2) is 4.29. The second-order valence-electron chi connectivity index (χ2n) is 3.74. The molecule has 5 heteroatoms. The lowest BCUT2D eigenvalue weighted by atomic mass is 10.0. The summed E-state index contributed by atoms with van der Waals surface area (Å²) in [4.78, 5) is 10.5. The predicted octanol–water partition coefficient (Wildman–Crippen LogP) is 2.83. The number of hydrogen-bond acceptors (Lipinski definition) is 4. The molecule has 1 aromatic carbocycles. The minimum atomic E-state index is -0.389. The molecule has 0 fully saturated rings. The van der Waals surface area contributed by atoms with Crippen molar-refractivity contribution in [1.82, 2.24) is 0 Å². The maximum atomic E-state index is 10.9. The largest absolute Gasteiger partial charge is 0.276 e. The Morgan fingerprint density at radius 3 is 2.35 bits per heavy atom. The molecule has 0 aromatic heterocycles. The fraction of sp³-hybridized carbons (Fsp3) is 0.167. The van der Waals surface area contributed by atoms with Gasteiger partial charge in [-0.1, -0.05) is 12.1 Å². The summed E-state index contributed by atoms with van der Waals surface area (Å²) in [6.45, 7) is 3.67. The van der Waals surface area contributed by atoms with E-state index in [1.165, 1.54) is 6.07 Å². The smallest absolute Gasteiger partial charge is 0.258 e. The Morgan fingerprint density at radius 2 is 1.76 bits per heavy atom. The summed E-state index contributed by atoms with van der Waals surface area (Å²) in [6.07, 6.45) is 1.75. The number of benzene rings is 1. The average molecular weight is 229 g/mol. The van der Waals surface area contributed by atoms with E-state index in [4.69, 9.17) is 0 Å². The summed E-state index contributed by atoms with van der Waals surface area (Å²) in [6, 6.07) is 6.62. The third-order valence-corrected chi connectivity index (χ3v) is 2.56. The van der Waals surface area contributed by atoms with Crippen LogP contribution in [0.15, 0.2) is 40.0 Å². The number of nitro groups is 1. The maximum Gasteiger partial charge on any atom is 0.276 e. The molecule has 0 aliphatic carbocycles. The Balaban J connectivity index is 2.50. The zero-order valence-electron chi connectivity index (χ0n) is 9.54. The first kappa shape index (κ1) is 11.2. The van der Waals surface area contributed by atoms with Gasteiger partial charge in [-0.3, -0.25) is 10.1 Å². The third kappa shape index (κ3) is 2.13. The fourth-order valence-corrected chi connectivity index (χ4v) is 1.66. The zero-order valence-corrected chi connectivity index (χ0v) is 9.54. The molecule has 2 rings (SSSR count). The van der Waals surface area contributed by atoms with Gasteiger partial charge in [-0.2, -0.15) is 10.2 Å². The van der Waals surface area contributed by atoms with Crippen LogP contribution >= 0.6 is 0 Å². The molecule has 86 valence electrons. The summed E-state index contributed by atoms with van der Waals surface area (Å²) < 4.78 is 0. The molecule has 0 atom stereocenters. The predicted molar refractivity (Wildman–Crippen MR) is 67.3 cm³/mol. The Hall–Kier alpha value is -2.30. The van der Waals surface area contributed by atoms with Gasteiger partial charge < -0.3 is 0 Å². The van der Waals surface area contributed by atoms with Crippen molar-refractivity contribution in [2.45, 2.75) is 13.8 Å². The molecule has 0 spiro atoms. The van der Waals surface area contributed by atoms with Gasteiger partial charge in [0.25, 0.3) is 5.69 Å². The molecule has 0 amide bonds. The van der Waals surface area contributed by atoms with Gasteiger partial charge in [0.2, 0.25) is 0 Å². The van der Waals surface area contributed by atoms with Crippen molar-refractivity contribution < 1.29 is 4.92 Å². The summed E-state index contributed by atoms with van der Waals surface area (Å²) in [5, 5.41) is 18.7. The van der Waals surface area contributed by atoms with Crippen LogP contribution in [0.5, 0.6) is 0 Å². The molecule has 1 aromatic rings. The van der Waals surface area contributed by atoms with Crippen LogP contribution in [0, 0.1) is 10.1 Å². The van der Waals surface area contributed by atoms with Gasteiger partial charge in [-0.15, -0.1) is 0 Å². The number of hydrogen-bond donors (Lipinski definition) is 0. The van der Waals surface area contributed by atoms with Crippen molar-refractivity contribution in [2.24, 2.45) is 10.2 Å². The van der Waals surface area contributed by atoms with Gasteiger partial charge in [-0.05, 0) is 26.0 Å². The average Bonchev–Trinajstić information content (AvgIpc) is 2.61. The number of rotatable bonds is 2. The fourth-order valence-electron chi connectivity index (χ4n) is 1.66. The van der Waals surface area contributed by atoms with Gasteiger partial charge >= 0.3 is 0 Å². The SMILES string of the molecule is CC1=NN=C(C)C1=Cc1ccccc1[N+](=O)[O-]. The Morgan fingerprint density at radius 1 is 1.18 bits per heavy atom. The van der Waals surface area contributed by atoms with Crippen molar-refractivity contribution in [3.63, 3.8) is 0 Å². The van der Waals surface area contributed by atoms with Crippen LogP contribution in [-0.4, -0.2) is 16.3 Å². The van der Waals surface area contributed by atoms with E-state index in [-0.39, 0.29) is 10.6 Å². The van der Waals surface area contributed by atoms with E-state index >= 15 is 0 Å². The standard InChI is InChI=1S/C12H11N3O2/c1-8-11(9(2)14-13-8)7-10-5-3-4-6-12(10)15(16)17/h3-7H,1-2H3. The van der Waals surface area contributed by atoms with E-state index in [1.54, 1.807) is 24.3 Å². The molecule has 0 unspecified atom stereocenters. The second-order valence-corrected chi connectivity index (χ2v) is 3.74. The molecule has 0 saturated carbocycles. The van der Waals surface area contributed by atoms with Gasteiger partial charge in [0.1, 0.15) is 0 Å². The van der Waals surface area contributed by atoms with Gasteiger partial charge in [0.15, 0.2) is 0 Å². The highest BCUT2D eigenvalue weighted by Gasteiger charge is 2.16. The summed E-state index contributed by atoms with van der Waals surface area (Å²) >= 11 is 0. The topological polar surface area (TPSA) is 67.9 Å². The monoisotopic (exact) mass is 229 g/mol. The maximum absolute atomic E-state index is 10.9. The van der Waals surface area contributed by atoms with Crippen LogP contribution in [0.3, 0.4) is 0 Å². The lowest BCUT2D eigenvalue weighted by Crippen LogP contribution is -2.01. The molecule has 0 saturated heterocycles. The van der Waals surface area contributed by atoms with E-state index in [2.05, 4.69) is 10.2 Å². The van der Waals surface area contributed by atoms with Crippen LogP contribution in [-0.2, 0) is 0 Å². The highest BCUT2D eigenvalue weighted by Crippen LogP contribution is 2.22. The number of nitro benzene ring substituents is 1. The first-order chi connectivity index (χ1) is 8.09. The van der Waals surface area contributed by atoms with Crippen molar-refractivity contribution in [1.29, 1.82) is 0 Å². The minimum Gasteiger partial charge on any atom is -0.258 e. The number of nitrogens with zero attached hydrogens (tertiary/aromatic N) is 3. The lowest BCUT2D eigenvalue weighted by Gasteiger charge is -2.00. The van der Waals surface area contributed by atoms with Crippen LogP contribution in [0.4, 0.5) is 5.69 Å². The van der Waals surface area contributed by atoms with Crippen LogP contribution in [0.2, 0.25) is 0 Å². The Kier molecular flexibility index (Phi) is 2.82. The normalized spacial score (nSPS) is 14.4.